The van der Waals surface area contributed by atoms with Crippen molar-refractivity contribution in [1.82, 2.24) is 14.4 Å². The molecule has 1 N–H and O–H groups in total. The van der Waals surface area contributed by atoms with Crippen molar-refractivity contribution in [3.8, 4) is 0 Å². The molecule has 1 aromatic carbocycles. The van der Waals surface area contributed by atoms with Crippen LogP contribution in [0.25, 0.3) is 6.08 Å². The van der Waals surface area contributed by atoms with Crippen molar-refractivity contribution in [2.75, 3.05) is 13.1 Å². The van der Waals surface area contributed by atoms with Crippen molar-refractivity contribution < 1.29 is 18.0 Å². The molecule has 7 nitrogen and oxygen atoms in total. The number of halogens is 1. The van der Waals surface area contributed by atoms with Crippen LogP contribution in [0.2, 0.25) is 5.02 Å². The lowest BCUT2D eigenvalue weighted by molar-refractivity contribution is 0.0195. The normalized spacial score (nSPS) is 24.5. The first-order valence-corrected chi connectivity index (χ1v) is 10.2. The third-order valence-electron chi connectivity index (χ3n) is 4.68. The summed E-state index contributed by atoms with van der Waals surface area (Å²) in [4.78, 5) is 4.26. The number of hydrogen-bond donors (Lipinski definition) is 1. The van der Waals surface area contributed by atoms with E-state index in [2.05, 4.69) is 10.1 Å². The molecule has 4 rings (SSSR count). The summed E-state index contributed by atoms with van der Waals surface area (Å²) in [5, 5.41) is 16.3. The minimum Gasteiger partial charge on any atom is -0.379 e. The van der Waals surface area contributed by atoms with Crippen molar-refractivity contribution in [3.05, 3.63) is 52.0 Å². The third kappa shape index (κ3) is 3.42. The van der Waals surface area contributed by atoms with Gasteiger partial charge in [0.25, 0.3) is 5.89 Å². The van der Waals surface area contributed by atoms with E-state index in [1.165, 1.54) is 10.4 Å². The van der Waals surface area contributed by atoms with E-state index in [0.717, 1.165) is 18.2 Å². The van der Waals surface area contributed by atoms with Crippen LogP contribution >= 0.6 is 11.6 Å². The predicted octanol–water partition coefficient (Wildman–Crippen LogP) is 2.49. The Labute approximate surface area is 156 Å². The molecular weight excluding hydrogens is 378 g/mol. The van der Waals surface area contributed by atoms with Gasteiger partial charge in [-0.1, -0.05) is 35.0 Å². The number of aliphatic hydroxyl groups is 1. The van der Waals surface area contributed by atoms with Gasteiger partial charge in [-0.2, -0.15) is 9.29 Å². The molecule has 1 atom stereocenters. The second-order valence-electron chi connectivity index (χ2n) is 6.72. The number of aromatic nitrogens is 2. The molecule has 0 amide bonds. The number of benzene rings is 1. The maximum atomic E-state index is 12.6. The van der Waals surface area contributed by atoms with E-state index in [0.29, 0.717) is 22.3 Å². The number of hydrogen-bond acceptors (Lipinski definition) is 6. The monoisotopic (exact) mass is 395 g/mol. The van der Waals surface area contributed by atoms with E-state index in [4.69, 9.17) is 16.1 Å². The standard InChI is InChI=1S/C17H18ClN3O4S/c18-14-4-2-1-3-12(14)7-10-26(23,24)21-9-8-17(22,11-21)16-19-15(20-25-16)13-5-6-13/h1-4,7,10,13,22H,5-6,8-9,11H2/b10-7+. The van der Waals surface area contributed by atoms with Gasteiger partial charge in [-0.05, 0) is 30.5 Å². The molecule has 138 valence electrons. The van der Waals surface area contributed by atoms with Crippen LogP contribution < -0.4 is 0 Å². The van der Waals surface area contributed by atoms with Crippen LogP contribution in [0.5, 0.6) is 0 Å². The molecule has 26 heavy (non-hydrogen) atoms. The molecule has 2 aromatic rings. The maximum Gasteiger partial charge on any atom is 0.260 e. The smallest absolute Gasteiger partial charge is 0.260 e. The Kier molecular flexibility index (Phi) is 4.38. The molecule has 2 heterocycles. The summed E-state index contributed by atoms with van der Waals surface area (Å²) in [6.07, 6.45) is 3.70. The van der Waals surface area contributed by atoms with Crippen LogP contribution in [0.15, 0.2) is 34.2 Å². The van der Waals surface area contributed by atoms with Crippen molar-refractivity contribution in [2.24, 2.45) is 0 Å². The fraction of sp³-hybridized carbons (Fsp3) is 0.412. The van der Waals surface area contributed by atoms with E-state index in [9.17, 15) is 13.5 Å². The van der Waals surface area contributed by atoms with Gasteiger partial charge >= 0.3 is 0 Å². The summed E-state index contributed by atoms with van der Waals surface area (Å²) in [6, 6.07) is 6.97. The Balaban J connectivity index is 1.50. The first-order valence-electron chi connectivity index (χ1n) is 8.37. The van der Waals surface area contributed by atoms with Crippen molar-refractivity contribution >= 4 is 27.7 Å². The lowest BCUT2D eigenvalue weighted by atomic mass is 10.0. The van der Waals surface area contributed by atoms with Gasteiger partial charge in [-0.3, -0.25) is 0 Å². The summed E-state index contributed by atoms with van der Waals surface area (Å²) >= 11 is 6.04. The molecule has 2 aliphatic rings. The Morgan fingerprint density at radius 3 is 2.85 bits per heavy atom. The van der Waals surface area contributed by atoms with E-state index in [1.807, 2.05) is 0 Å². The van der Waals surface area contributed by atoms with Gasteiger partial charge in [0.1, 0.15) is 0 Å². The summed E-state index contributed by atoms with van der Waals surface area (Å²) in [6.45, 7) is 0.0569. The highest BCUT2D eigenvalue weighted by Gasteiger charge is 2.46. The number of sulfonamides is 1. The van der Waals surface area contributed by atoms with E-state index in [1.54, 1.807) is 24.3 Å². The third-order valence-corrected chi connectivity index (χ3v) is 6.54. The van der Waals surface area contributed by atoms with Gasteiger partial charge in [0.2, 0.25) is 10.0 Å². The Morgan fingerprint density at radius 1 is 1.35 bits per heavy atom. The van der Waals surface area contributed by atoms with E-state index >= 15 is 0 Å². The molecular formula is C17H18ClN3O4S. The quantitative estimate of drug-likeness (QED) is 0.835. The molecule has 1 unspecified atom stereocenters. The molecule has 1 aromatic heterocycles. The highest BCUT2D eigenvalue weighted by atomic mass is 35.5. The lowest BCUT2D eigenvalue weighted by Crippen LogP contribution is -2.33. The molecule has 1 aliphatic carbocycles. The Morgan fingerprint density at radius 2 is 2.12 bits per heavy atom. The number of β-amino-alcohol motifs (C(OH)–C–C–N with tert-alkyl or cyclic N) is 1. The fourth-order valence-electron chi connectivity index (χ4n) is 2.94. The topological polar surface area (TPSA) is 96.5 Å². The first-order chi connectivity index (χ1) is 12.4. The van der Waals surface area contributed by atoms with Gasteiger partial charge < -0.3 is 9.63 Å². The van der Waals surface area contributed by atoms with Crippen LogP contribution in [0, 0.1) is 0 Å². The summed E-state index contributed by atoms with van der Waals surface area (Å²) in [5.74, 6) is 0.983. The van der Waals surface area contributed by atoms with Crippen LogP contribution in [0.3, 0.4) is 0 Å². The second kappa shape index (κ2) is 6.45. The molecule has 1 saturated heterocycles. The highest BCUT2D eigenvalue weighted by molar-refractivity contribution is 7.92. The first kappa shape index (κ1) is 17.7. The molecule has 9 heteroatoms. The van der Waals surface area contributed by atoms with Crippen LogP contribution in [0.4, 0.5) is 0 Å². The van der Waals surface area contributed by atoms with Crippen LogP contribution in [0.1, 0.15) is 42.5 Å². The average Bonchev–Trinajstić information content (AvgIpc) is 3.17. The second-order valence-corrected chi connectivity index (χ2v) is 8.94. The molecule has 2 fully saturated rings. The van der Waals surface area contributed by atoms with Crippen LogP contribution in [-0.2, 0) is 15.6 Å². The predicted molar refractivity (Wildman–Crippen MR) is 95.8 cm³/mol. The zero-order valence-corrected chi connectivity index (χ0v) is 15.4. The molecule has 0 radical (unpaired) electrons. The van der Waals surface area contributed by atoms with Crippen molar-refractivity contribution in [1.29, 1.82) is 0 Å². The summed E-state index contributed by atoms with van der Waals surface area (Å²) in [7, 11) is -3.71. The molecule has 1 aliphatic heterocycles. The average molecular weight is 396 g/mol. The Bertz CT molecular complexity index is 954. The maximum absolute atomic E-state index is 12.6. The SMILES string of the molecule is O=S(=O)(/C=C/c1ccccc1Cl)N1CCC(O)(c2nc(C3CC3)no2)C1. The zero-order chi connectivity index (χ0) is 18.4. The van der Waals surface area contributed by atoms with Crippen LogP contribution in [-0.4, -0.2) is 41.1 Å². The number of rotatable bonds is 5. The highest BCUT2D eigenvalue weighted by Crippen LogP contribution is 2.40. The molecule has 0 bridgehead atoms. The summed E-state index contributed by atoms with van der Waals surface area (Å²) in [5.41, 5.74) is -0.844. The van der Waals surface area contributed by atoms with Gasteiger partial charge in [-0.25, -0.2) is 8.42 Å². The van der Waals surface area contributed by atoms with E-state index in [-0.39, 0.29) is 25.4 Å². The minimum atomic E-state index is -3.71. The summed E-state index contributed by atoms with van der Waals surface area (Å²) < 4.78 is 31.6. The molecule has 0 spiro atoms. The van der Waals surface area contributed by atoms with Gasteiger partial charge in [0.15, 0.2) is 11.4 Å². The van der Waals surface area contributed by atoms with Crippen molar-refractivity contribution in [2.45, 2.75) is 30.8 Å². The largest absolute Gasteiger partial charge is 0.379 e. The van der Waals surface area contributed by atoms with Crippen molar-refractivity contribution in [3.63, 3.8) is 0 Å². The Hall–Kier alpha value is -1.74. The zero-order valence-electron chi connectivity index (χ0n) is 13.9. The van der Waals surface area contributed by atoms with Gasteiger partial charge in [0.05, 0.1) is 6.54 Å². The lowest BCUT2D eigenvalue weighted by Gasteiger charge is -2.18. The van der Waals surface area contributed by atoms with Gasteiger partial charge in [-0.15, -0.1) is 0 Å². The fourth-order valence-corrected chi connectivity index (χ4v) is 4.37. The molecule has 1 saturated carbocycles. The minimum absolute atomic E-state index is 0.0900. The van der Waals surface area contributed by atoms with E-state index < -0.39 is 15.6 Å². The number of nitrogens with zero attached hydrogens (tertiary/aromatic N) is 3. The van der Waals surface area contributed by atoms with Gasteiger partial charge in [0, 0.05) is 29.3 Å².